The van der Waals surface area contributed by atoms with Crippen LogP contribution < -0.4 is 14.8 Å². The summed E-state index contributed by atoms with van der Waals surface area (Å²) in [7, 11) is 1.51. The lowest BCUT2D eigenvalue weighted by atomic mass is 10.2. The van der Waals surface area contributed by atoms with Gasteiger partial charge in [-0.05, 0) is 49.4 Å². The van der Waals surface area contributed by atoms with Crippen LogP contribution in [-0.4, -0.2) is 32.4 Å². The minimum atomic E-state index is -4.43. The first-order chi connectivity index (χ1) is 13.3. The van der Waals surface area contributed by atoms with Crippen LogP contribution in [0.4, 0.5) is 18.9 Å². The Morgan fingerprint density at radius 3 is 2.46 bits per heavy atom. The van der Waals surface area contributed by atoms with Gasteiger partial charge < -0.3 is 19.6 Å². The number of amides is 1. The Hall–Kier alpha value is -3.23. The third-order valence-corrected chi connectivity index (χ3v) is 3.46. The van der Waals surface area contributed by atoms with Gasteiger partial charge in [-0.25, -0.2) is 0 Å². The number of anilines is 1. The Morgan fingerprint density at radius 2 is 1.86 bits per heavy atom. The van der Waals surface area contributed by atoms with Gasteiger partial charge in [0.2, 0.25) is 0 Å². The number of nitrogens with one attached hydrogen (secondary N) is 1. The summed E-state index contributed by atoms with van der Waals surface area (Å²) in [5, 5.41) is 6.11. The monoisotopic (exact) mass is 396 g/mol. The fraction of sp³-hybridized carbons (Fsp3) is 0.263. The standard InChI is InChI=1S/C19H19F3N2O4/c1-3-27-16-9-4-13(10-17(16)26-2)11-23-28-12-18(25)24-15-7-5-14(6-8-15)19(20,21)22/h4-11H,3,12H2,1-2H3,(H,24,25)/b23-11-. The average molecular weight is 396 g/mol. The van der Waals surface area contributed by atoms with E-state index < -0.39 is 24.3 Å². The summed E-state index contributed by atoms with van der Waals surface area (Å²) in [4.78, 5) is 16.7. The number of rotatable bonds is 8. The first-order valence-corrected chi connectivity index (χ1v) is 8.26. The molecule has 0 atom stereocenters. The van der Waals surface area contributed by atoms with Crippen LogP contribution in [0.2, 0.25) is 0 Å². The van der Waals surface area contributed by atoms with E-state index in [0.29, 0.717) is 23.7 Å². The maximum Gasteiger partial charge on any atom is 0.416 e. The average Bonchev–Trinajstić information content (AvgIpc) is 2.66. The third-order valence-electron chi connectivity index (χ3n) is 3.46. The van der Waals surface area contributed by atoms with Crippen molar-refractivity contribution >= 4 is 17.8 Å². The zero-order valence-electron chi connectivity index (χ0n) is 15.2. The Morgan fingerprint density at radius 1 is 1.14 bits per heavy atom. The summed E-state index contributed by atoms with van der Waals surface area (Å²) in [6.45, 7) is 1.96. The molecule has 150 valence electrons. The van der Waals surface area contributed by atoms with E-state index in [9.17, 15) is 18.0 Å². The molecular formula is C19H19F3N2O4. The number of carbonyl (C=O) groups is 1. The van der Waals surface area contributed by atoms with Crippen LogP contribution in [0.15, 0.2) is 47.6 Å². The number of hydrogen-bond acceptors (Lipinski definition) is 5. The molecule has 9 heteroatoms. The molecule has 2 rings (SSSR count). The van der Waals surface area contributed by atoms with Crippen LogP contribution in [-0.2, 0) is 15.8 Å². The van der Waals surface area contributed by atoms with Crippen molar-refractivity contribution in [1.82, 2.24) is 0 Å². The highest BCUT2D eigenvalue weighted by Crippen LogP contribution is 2.30. The van der Waals surface area contributed by atoms with Gasteiger partial charge in [-0.1, -0.05) is 5.16 Å². The number of benzene rings is 2. The molecule has 2 aromatic rings. The lowest BCUT2D eigenvalue weighted by Gasteiger charge is -2.09. The maximum atomic E-state index is 12.5. The van der Waals surface area contributed by atoms with Crippen molar-refractivity contribution in [1.29, 1.82) is 0 Å². The van der Waals surface area contributed by atoms with Gasteiger partial charge in [0.15, 0.2) is 18.1 Å². The van der Waals surface area contributed by atoms with Gasteiger partial charge >= 0.3 is 6.18 Å². The Labute approximate surface area is 159 Å². The summed E-state index contributed by atoms with van der Waals surface area (Å²) >= 11 is 0. The van der Waals surface area contributed by atoms with Crippen LogP contribution in [0.25, 0.3) is 0 Å². The Balaban J connectivity index is 1.85. The highest BCUT2D eigenvalue weighted by Gasteiger charge is 2.29. The smallest absolute Gasteiger partial charge is 0.416 e. The van der Waals surface area contributed by atoms with Crippen molar-refractivity contribution in [3.05, 3.63) is 53.6 Å². The van der Waals surface area contributed by atoms with Crippen LogP contribution >= 0.6 is 0 Å². The maximum absolute atomic E-state index is 12.5. The van der Waals surface area contributed by atoms with E-state index in [2.05, 4.69) is 10.5 Å². The van der Waals surface area contributed by atoms with E-state index in [4.69, 9.17) is 14.3 Å². The molecule has 2 aromatic carbocycles. The van der Waals surface area contributed by atoms with Crippen molar-refractivity contribution in [2.24, 2.45) is 5.16 Å². The van der Waals surface area contributed by atoms with E-state index >= 15 is 0 Å². The molecule has 0 bridgehead atoms. The van der Waals surface area contributed by atoms with E-state index in [-0.39, 0.29) is 5.69 Å². The molecule has 1 N–H and O–H groups in total. The normalized spacial score (nSPS) is 11.3. The zero-order valence-corrected chi connectivity index (χ0v) is 15.2. The second-order valence-electron chi connectivity index (χ2n) is 5.47. The summed E-state index contributed by atoms with van der Waals surface area (Å²) < 4.78 is 48.1. The second kappa shape index (κ2) is 9.63. The number of hydrogen-bond donors (Lipinski definition) is 1. The molecule has 0 unspecified atom stereocenters. The topological polar surface area (TPSA) is 69.2 Å². The fourth-order valence-electron chi connectivity index (χ4n) is 2.17. The van der Waals surface area contributed by atoms with Gasteiger partial charge in [-0.3, -0.25) is 4.79 Å². The molecule has 0 fully saturated rings. The molecule has 1 amide bonds. The summed E-state index contributed by atoms with van der Waals surface area (Å²) in [6, 6.07) is 9.25. The molecular weight excluding hydrogens is 377 g/mol. The van der Waals surface area contributed by atoms with Crippen molar-refractivity contribution < 1.29 is 32.3 Å². The quantitative estimate of drug-likeness (QED) is 0.539. The first-order valence-electron chi connectivity index (χ1n) is 8.26. The number of halogens is 3. The number of ether oxygens (including phenoxy) is 2. The van der Waals surface area contributed by atoms with E-state index in [1.807, 2.05) is 6.92 Å². The molecule has 0 aliphatic rings. The summed E-state index contributed by atoms with van der Waals surface area (Å²) in [5.74, 6) is 0.575. The van der Waals surface area contributed by atoms with E-state index in [0.717, 1.165) is 24.3 Å². The molecule has 0 saturated carbocycles. The number of oxime groups is 1. The molecule has 0 spiro atoms. The highest BCUT2D eigenvalue weighted by atomic mass is 19.4. The van der Waals surface area contributed by atoms with Crippen LogP contribution in [0.3, 0.4) is 0 Å². The van der Waals surface area contributed by atoms with E-state index in [1.165, 1.54) is 13.3 Å². The predicted molar refractivity (Wildman–Crippen MR) is 97.8 cm³/mol. The van der Waals surface area contributed by atoms with Gasteiger partial charge in [-0.15, -0.1) is 0 Å². The zero-order chi connectivity index (χ0) is 20.6. The first kappa shape index (κ1) is 21.1. The Kier molecular flexibility index (Phi) is 7.25. The van der Waals surface area contributed by atoms with Gasteiger partial charge in [0.05, 0.1) is 25.5 Å². The number of alkyl halides is 3. The SMILES string of the molecule is CCOc1ccc(/C=N\OCC(=O)Nc2ccc(C(F)(F)F)cc2)cc1OC. The van der Waals surface area contributed by atoms with Crippen molar-refractivity contribution in [3.63, 3.8) is 0 Å². The largest absolute Gasteiger partial charge is 0.493 e. The fourth-order valence-corrected chi connectivity index (χ4v) is 2.17. The van der Waals surface area contributed by atoms with Crippen molar-refractivity contribution in [2.75, 3.05) is 25.6 Å². The molecule has 0 saturated heterocycles. The molecule has 0 aliphatic heterocycles. The minimum Gasteiger partial charge on any atom is -0.493 e. The van der Waals surface area contributed by atoms with Crippen LogP contribution in [0.1, 0.15) is 18.1 Å². The van der Waals surface area contributed by atoms with Gasteiger partial charge in [-0.2, -0.15) is 13.2 Å². The van der Waals surface area contributed by atoms with E-state index in [1.54, 1.807) is 18.2 Å². The lowest BCUT2D eigenvalue weighted by molar-refractivity contribution is -0.137. The number of methoxy groups -OCH3 is 1. The Bertz CT molecular complexity index is 821. The summed E-state index contributed by atoms with van der Waals surface area (Å²) in [5.41, 5.74) is 0.0995. The lowest BCUT2D eigenvalue weighted by Crippen LogP contribution is -2.17. The number of nitrogens with zero attached hydrogens (tertiary/aromatic N) is 1. The highest BCUT2D eigenvalue weighted by molar-refractivity contribution is 5.91. The predicted octanol–water partition coefficient (Wildman–Crippen LogP) is 4.10. The van der Waals surface area contributed by atoms with Gasteiger partial charge in [0, 0.05) is 11.3 Å². The molecule has 6 nitrogen and oxygen atoms in total. The minimum absolute atomic E-state index is 0.224. The summed E-state index contributed by atoms with van der Waals surface area (Å²) in [6.07, 6.45) is -3.03. The molecule has 0 heterocycles. The van der Waals surface area contributed by atoms with Crippen molar-refractivity contribution in [2.45, 2.75) is 13.1 Å². The molecule has 0 aliphatic carbocycles. The van der Waals surface area contributed by atoms with Gasteiger partial charge in [0.1, 0.15) is 0 Å². The van der Waals surface area contributed by atoms with Crippen LogP contribution in [0, 0.1) is 0 Å². The second-order valence-corrected chi connectivity index (χ2v) is 5.47. The van der Waals surface area contributed by atoms with Crippen LogP contribution in [0.5, 0.6) is 11.5 Å². The molecule has 0 radical (unpaired) electrons. The number of carbonyl (C=O) groups excluding carboxylic acids is 1. The third kappa shape index (κ3) is 6.19. The van der Waals surface area contributed by atoms with Gasteiger partial charge in [0.25, 0.3) is 5.91 Å². The molecule has 0 aromatic heterocycles. The molecule has 28 heavy (non-hydrogen) atoms. The van der Waals surface area contributed by atoms with Crippen molar-refractivity contribution in [3.8, 4) is 11.5 Å².